The number of methoxy groups -OCH3 is 1. The van der Waals surface area contributed by atoms with Gasteiger partial charge < -0.3 is 4.74 Å². The van der Waals surface area contributed by atoms with Gasteiger partial charge in [0.15, 0.2) is 24.7 Å². The summed E-state index contributed by atoms with van der Waals surface area (Å²) in [6.45, 7) is 1.95. The molecule has 1 fully saturated rings. The second kappa shape index (κ2) is 10.1. The zero-order valence-electron chi connectivity index (χ0n) is 19.0. The summed E-state index contributed by atoms with van der Waals surface area (Å²) in [7, 11) is 1.34. The highest BCUT2D eigenvalue weighted by Crippen LogP contribution is 2.40. The van der Waals surface area contributed by atoms with Crippen molar-refractivity contribution in [3.8, 4) is 0 Å². The lowest BCUT2D eigenvalue weighted by Gasteiger charge is -2.32. The highest BCUT2D eigenvalue weighted by molar-refractivity contribution is 5.73. The van der Waals surface area contributed by atoms with Crippen LogP contribution in [0.2, 0.25) is 0 Å². The van der Waals surface area contributed by atoms with Crippen molar-refractivity contribution in [1.82, 2.24) is 0 Å². The third-order valence-corrected chi connectivity index (χ3v) is 7.04. The fraction of sp³-hybridized carbons (Fsp3) is 0.429. The van der Waals surface area contributed by atoms with Crippen molar-refractivity contribution in [2.45, 2.75) is 57.3 Å². The van der Waals surface area contributed by atoms with Gasteiger partial charge in [-0.15, -0.1) is 0 Å². The van der Waals surface area contributed by atoms with Gasteiger partial charge in [-0.25, -0.2) is 17.6 Å². The predicted molar refractivity (Wildman–Crippen MR) is 125 cm³/mol. The Balaban J connectivity index is 1.38. The average molecular weight is 459 g/mol. The molecule has 0 aliphatic heterocycles. The Labute approximate surface area is 193 Å². The molecule has 0 N–H and O–H groups in total. The highest BCUT2D eigenvalue weighted by atomic mass is 19.2. The molecule has 3 aliphatic rings. The number of hydrogen-bond donors (Lipinski definition) is 0. The van der Waals surface area contributed by atoms with Crippen molar-refractivity contribution < 1.29 is 22.3 Å². The maximum atomic E-state index is 14.8. The minimum Gasteiger partial charge on any atom is -0.498 e. The van der Waals surface area contributed by atoms with Crippen LogP contribution in [0.3, 0.4) is 0 Å². The summed E-state index contributed by atoms with van der Waals surface area (Å²) in [5.41, 5.74) is 2.95. The van der Waals surface area contributed by atoms with Crippen LogP contribution in [0.1, 0.15) is 36.8 Å². The molecule has 0 spiro atoms. The maximum absolute atomic E-state index is 14.8. The van der Waals surface area contributed by atoms with Crippen LogP contribution in [0, 0.1) is 18.8 Å². The number of halogens is 4. The molecule has 1 nitrogen and oxygen atoms in total. The minimum absolute atomic E-state index is 0.00408. The smallest absolute Gasteiger partial charge is 0.192 e. The first-order valence-corrected chi connectivity index (χ1v) is 11.6. The molecular formula is C28H30F4O. The van der Waals surface area contributed by atoms with Gasteiger partial charge >= 0.3 is 0 Å². The molecule has 176 valence electrons. The third-order valence-electron chi connectivity index (χ3n) is 7.04. The molecule has 0 aromatic heterocycles. The molecule has 0 radical (unpaired) electrons. The standard InChI is InChI=1S/C28H30F4O/c1-17-3-8-19(9-4-17)22-14-13-21(25(29)26(22)30)12-7-18-5-10-20(11-6-18)23-15-16-24(33-2)28(32)27(23)31/h3-4,7-9,12-16,18,20,25-28H,5-6,10-11H2,1-2H3/b12-7+. The van der Waals surface area contributed by atoms with Crippen LogP contribution in [0.25, 0.3) is 5.57 Å². The maximum Gasteiger partial charge on any atom is 0.192 e. The summed E-state index contributed by atoms with van der Waals surface area (Å²) in [6.07, 6.45) is 6.37. The van der Waals surface area contributed by atoms with Crippen LogP contribution in [-0.4, -0.2) is 31.8 Å². The number of alkyl halides is 4. The van der Waals surface area contributed by atoms with Crippen molar-refractivity contribution in [3.05, 3.63) is 88.8 Å². The van der Waals surface area contributed by atoms with E-state index in [1.165, 1.54) is 13.2 Å². The Kier molecular flexibility index (Phi) is 7.26. The summed E-state index contributed by atoms with van der Waals surface area (Å²) in [6, 6.07) is 7.41. The molecule has 4 atom stereocenters. The lowest BCUT2D eigenvalue weighted by molar-refractivity contribution is 0.131. The first-order chi connectivity index (χ1) is 15.9. The molecule has 4 rings (SSSR count). The van der Waals surface area contributed by atoms with Gasteiger partial charge in [-0.1, -0.05) is 60.2 Å². The number of hydrogen-bond acceptors (Lipinski definition) is 1. The largest absolute Gasteiger partial charge is 0.498 e. The fourth-order valence-electron chi connectivity index (χ4n) is 4.95. The molecule has 3 aliphatic carbocycles. The van der Waals surface area contributed by atoms with Crippen LogP contribution < -0.4 is 0 Å². The lowest BCUT2D eigenvalue weighted by atomic mass is 9.75. The molecular weight excluding hydrogens is 428 g/mol. The highest BCUT2D eigenvalue weighted by Gasteiger charge is 2.36. The molecule has 0 amide bonds. The molecule has 0 saturated heterocycles. The van der Waals surface area contributed by atoms with Crippen molar-refractivity contribution >= 4 is 5.57 Å². The Morgan fingerprint density at radius 3 is 2.15 bits per heavy atom. The molecule has 4 unspecified atom stereocenters. The van der Waals surface area contributed by atoms with Crippen LogP contribution in [0.15, 0.2) is 77.6 Å². The van der Waals surface area contributed by atoms with Crippen molar-refractivity contribution in [2.75, 3.05) is 7.11 Å². The van der Waals surface area contributed by atoms with Gasteiger partial charge in [0.25, 0.3) is 0 Å². The second-order valence-corrected chi connectivity index (χ2v) is 9.17. The van der Waals surface area contributed by atoms with Gasteiger partial charge in [-0.3, -0.25) is 0 Å². The number of aryl methyl sites for hydroxylation is 1. The number of benzene rings is 1. The Hall–Kier alpha value is -2.56. The van der Waals surface area contributed by atoms with Crippen LogP contribution in [0.5, 0.6) is 0 Å². The van der Waals surface area contributed by atoms with Crippen molar-refractivity contribution in [2.24, 2.45) is 11.8 Å². The van der Waals surface area contributed by atoms with E-state index in [1.54, 1.807) is 24.3 Å². The van der Waals surface area contributed by atoms with E-state index in [9.17, 15) is 17.6 Å². The van der Waals surface area contributed by atoms with Gasteiger partial charge in [0.2, 0.25) is 0 Å². The zero-order chi connectivity index (χ0) is 23.5. The second-order valence-electron chi connectivity index (χ2n) is 9.17. The third kappa shape index (κ3) is 5.02. The Morgan fingerprint density at radius 1 is 0.788 bits per heavy atom. The van der Waals surface area contributed by atoms with Crippen LogP contribution in [0.4, 0.5) is 17.6 Å². The summed E-state index contributed by atoms with van der Waals surface area (Å²) in [4.78, 5) is 0. The van der Waals surface area contributed by atoms with Gasteiger partial charge in [0.1, 0.15) is 5.76 Å². The monoisotopic (exact) mass is 458 g/mol. The first kappa shape index (κ1) is 23.6. The number of allylic oxidation sites excluding steroid dienone is 10. The van der Waals surface area contributed by atoms with Crippen molar-refractivity contribution in [1.29, 1.82) is 0 Å². The normalized spacial score (nSPS) is 32.7. The summed E-state index contributed by atoms with van der Waals surface area (Å²) in [5, 5.41) is 0. The topological polar surface area (TPSA) is 9.23 Å². The average Bonchev–Trinajstić information content (AvgIpc) is 2.83. The van der Waals surface area contributed by atoms with Gasteiger partial charge in [0, 0.05) is 0 Å². The molecule has 0 heterocycles. The first-order valence-electron chi connectivity index (χ1n) is 11.6. The Bertz CT molecular complexity index is 993. The lowest BCUT2D eigenvalue weighted by Crippen LogP contribution is -2.30. The zero-order valence-corrected chi connectivity index (χ0v) is 19.0. The van der Waals surface area contributed by atoms with Crippen LogP contribution >= 0.6 is 0 Å². The van der Waals surface area contributed by atoms with E-state index in [4.69, 9.17) is 4.74 Å². The predicted octanol–water partition coefficient (Wildman–Crippen LogP) is 7.50. The van der Waals surface area contributed by atoms with Gasteiger partial charge in [-0.05, 0) is 72.8 Å². The van der Waals surface area contributed by atoms with Gasteiger partial charge in [0.05, 0.1) is 7.11 Å². The minimum atomic E-state index is -1.75. The summed E-state index contributed by atoms with van der Waals surface area (Å²) in [5.74, 6) is 0.231. The van der Waals surface area contributed by atoms with Gasteiger partial charge in [-0.2, -0.15) is 0 Å². The molecule has 5 heteroatoms. The number of rotatable bonds is 5. The SMILES string of the molecule is COC1=CC=C(C2CCC(/C=C/C3=CC=C(c4ccc(C)cc4)C(F)C3F)CC2)C(F)C1F. The summed E-state index contributed by atoms with van der Waals surface area (Å²) >= 11 is 0. The van der Waals surface area contributed by atoms with E-state index in [1.807, 2.05) is 37.3 Å². The molecule has 1 aromatic rings. The van der Waals surface area contributed by atoms with E-state index in [2.05, 4.69) is 0 Å². The quantitative estimate of drug-likeness (QED) is 0.415. The number of ether oxygens (including phenoxy) is 1. The molecule has 33 heavy (non-hydrogen) atoms. The fourth-order valence-corrected chi connectivity index (χ4v) is 4.95. The molecule has 0 bridgehead atoms. The van der Waals surface area contributed by atoms with Crippen molar-refractivity contribution in [3.63, 3.8) is 0 Å². The van der Waals surface area contributed by atoms with E-state index in [0.29, 0.717) is 22.3 Å². The Morgan fingerprint density at radius 2 is 1.48 bits per heavy atom. The van der Waals surface area contributed by atoms with E-state index in [0.717, 1.165) is 31.2 Å². The van der Waals surface area contributed by atoms with E-state index in [-0.39, 0.29) is 17.6 Å². The summed E-state index contributed by atoms with van der Waals surface area (Å²) < 4.78 is 63.2. The molecule has 1 saturated carbocycles. The molecule has 1 aromatic carbocycles. The van der Waals surface area contributed by atoms with Crippen LogP contribution in [-0.2, 0) is 4.74 Å². The van der Waals surface area contributed by atoms with E-state index < -0.39 is 24.7 Å². The van der Waals surface area contributed by atoms with E-state index >= 15 is 0 Å².